The summed E-state index contributed by atoms with van der Waals surface area (Å²) in [7, 11) is 0. The molecule has 0 aliphatic carbocycles. The largest absolute Gasteiger partial charge is 0.273 e. The maximum absolute atomic E-state index is 10.9. The molecule has 10 heavy (non-hydrogen) atoms. The van der Waals surface area contributed by atoms with Crippen LogP contribution < -0.4 is 0 Å². The van der Waals surface area contributed by atoms with Gasteiger partial charge in [-0.2, -0.15) is 0 Å². The van der Waals surface area contributed by atoms with Crippen LogP contribution in [0.5, 0.6) is 0 Å². The van der Waals surface area contributed by atoms with Gasteiger partial charge in [0, 0.05) is 11.2 Å². The Labute approximate surface area is 65.1 Å². The molecule has 0 radical (unpaired) electrons. The Morgan fingerprint density at radius 2 is 2.20 bits per heavy atom. The molecule has 0 aromatic heterocycles. The second-order valence-corrected chi connectivity index (χ2v) is 4.96. The van der Waals surface area contributed by atoms with Gasteiger partial charge in [0.05, 0.1) is 5.04 Å². The summed E-state index contributed by atoms with van der Waals surface area (Å²) < 4.78 is 0.0584. The molecule has 0 unspecified atom stereocenters. The predicted octanol–water partition coefficient (Wildman–Crippen LogP) is 1.85. The van der Waals surface area contributed by atoms with E-state index >= 15 is 0 Å². The van der Waals surface area contributed by atoms with Gasteiger partial charge >= 0.3 is 0 Å². The molecular weight excluding hydrogens is 146 g/mol. The number of thioether (sulfide) groups is 1. The van der Waals surface area contributed by atoms with Crippen molar-refractivity contribution in [3.05, 3.63) is 0 Å². The zero-order valence-electron chi connectivity index (χ0n) is 6.47. The van der Waals surface area contributed by atoms with Crippen molar-refractivity contribution in [2.24, 2.45) is 4.99 Å². The van der Waals surface area contributed by atoms with Crippen LogP contribution in [0.1, 0.15) is 27.2 Å². The summed E-state index contributed by atoms with van der Waals surface area (Å²) in [5.41, 5.74) is 0. The van der Waals surface area contributed by atoms with Gasteiger partial charge < -0.3 is 0 Å². The van der Waals surface area contributed by atoms with Gasteiger partial charge in [-0.05, 0) is 20.8 Å². The first-order chi connectivity index (χ1) is 4.49. The minimum atomic E-state index is 0.0150. The van der Waals surface area contributed by atoms with Crippen LogP contribution >= 0.6 is 11.8 Å². The monoisotopic (exact) mass is 157 g/mol. The normalized spacial score (nSPS) is 24.3. The highest BCUT2D eigenvalue weighted by Gasteiger charge is 2.27. The van der Waals surface area contributed by atoms with Crippen LogP contribution in [0.4, 0.5) is 0 Å². The number of carbonyl (C=O) groups is 1. The molecule has 0 saturated heterocycles. The van der Waals surface area contributed by atoms with Crippen molar-refractivity contribution in [3.8, 4) is 0 Å². The van der Waals surface area contributed by atoms with Crippen molar-refractivity contribution in [2.75, 3.05) is 0 Å². The van der Waals surface area contributed by atoms with Crippen LogP contribution in [0.25, 0.3) is 0 Å². The van der Waals surface area contributed by atoms with E-state index in [1.807, 2.05) is 6.92 Å². The topological polar surface area (TPSA) is 29.4 Å². The Hall–Kier alpha value is -0.310. The SMILES string of the molecule is CC1=NC(=O)CC(C)(C)S1. The van der Waals surface area contributed by atoms with Crippen molar-refractivity contribution in [3.63, 3.8) is 0 Å². The fourth-order valence-corrected chi connectivity index (χ4v) is 2.18. The standard InChI is InChI=1S/C7H11NOS/c1-5-8-6(9)4-7(2,3)10-5/h4H2,1-3H3. The van der Waals surface area contributed by atoms with Crippen LogP contribution in [0.15, 0.2) is 4.99 Å². The van der Waals surface area contributed by atoms with Crippen LogP contribution in [-0.4, -0.2) is 15.7 Å². The van der Waals surface area contributed by atoms with Gasteiger partial charge in [0.1, 0.15) is 0 Å². The first kappa shape index (κ1) is 7.79. The average Bonchev–Trinajstić information content (AvgIpc) is 1.54. The second kappa shape index (κ2) is 2.38. The second-order valence-electron chi connectivity index (χ2n) is 3.06. The van der Waals surface area contributed by atoms with E-state index in [1.54, 1.807) is 11.8 Å². The summed E-state index contributed by atoms with van der Waals surface area (Å²) in [6, 6.07) is 0. The molecule has 1 heterocycles. The lowest BCUT2D eigenvalue weighted by atomic mass is 10.1. The van der Waals surface area contributed by atoms with Crippen molar-refractivity contribution in [2.45, 2.75) is 31.9 Å². The lowest BCUT2D eigenvalue weighted by Crippen LogP contribution is -2.25. The van der Waals surface area contributed by atoms with Crippen molar-refractivity contribution in [1.29, 1.82) is 0 Å². The maximum atomic E-state index is 10.9. The third kappa shape index (κ3) is 1.84. The highest BCUT2D eigenvalue weighted by Crippen LogP contribution is 2.32. The Morgan fingerprint density at radius 3 is 2.60 bits per heavy atom. The van der Waals surface area contributed by atoms with Crippen molar-refractivity contribution in [1.82, 2.24) is 0 Å². The first-order valence-corrected chi connectivity index (χ1v) is 4.08. The van der Waals surface area contributed by atoms with E-state index in [0.29, 0.717) is 6.42 Å². The number of amides is 1. The Morgan fingerprint density at radius 1 is 1.60 bits per heavy atom. The van der Waals surface area contributed by atoms with Crippen molar-refractivity contribution >= 4 is 22.7 Å². The summed E-state index contributed by atoms with van der Waals surface area (Å²) in [5, 5.41) is 0.890. The summed E-state index contributed by atoms with van der Waals surface area (Å²) in [4.78, 5) is 14.7. The maximum Gasteiger partial charge on any atom is 0.247 e. The molecule has 1 amide bonds. The van der Waals surface area contributed by atoms with Gasteiger partial charge in [0.2, 0.25) is 5.91 Å². The fraction of sp³-hybridized carbons (Fsp3) is 0.714. The Bertz CT molecular complexity index is 196. The van der Waals surface area contributed by atoms with Gasteiger partial charge in [-0.25, -0.2) is 4.99 Å². The van der Waals surface area contributed by atoms with E-state index in [-0.39, 0.29) is 10.7 Å². The van der Waals surface area contributed by atoms with Crippen LogP contribution in [0.3, 0.4) is 0 Å². The van der Waals surface area contributed by atoms with Gasteiger partial charge in [0.25, 0.3) is 0 Å². The summed E-state index contributed by atoms with van der Waals surface area (Å²) >= 11 is 1.68. The van der Waals surface area contributed by atoms with Gasteiger partial charge in [-0.1, -0.05) is 0 Å². The molecule has 0 saturated carbocycles. The molecule has 2 nitrogen and oxygen atoms in total. The lowest BCUT2D eigenvalue weighted by Gasteiger charge is -2.25. The third-order valence-electron chi connectivity index (χ3n) is 1.28. The molecule has 0 fully saturated rings. The van der Waals surface area contributed by atoms with E-state index in [2.05, 4.69) is 18.8 Å². The number of hydrogen-bond donors (Lipinski definition) is 0. The van der Waals surface area contributed by atoms with Gasteiger partial charge in [-0.15, -0.1) is 11.8 Å². The molecule has 0 aromatic rings. The zero-order chi connectivity index (χ0) is 7.78. The molecule has 0 N–H and O–H groups in total. The number of nitrogens with zero attached hydrogens (tertiary/aromatic N) is 1. The number of hydrogen-bond acceptors (Lipinski definition) is 2. The first-order valence-electron chi connectivity index (χ1n) is 3.27. The minimum absolute atomic E-state index is 0.0150. The van der Waals surface area contributed by atoms with E-state index < -0.39 is 0 Å². The fourth-order valence-electron chi connectivity index (χ4n) is 1.04. The van der Waals surface area contributed by atoms with Gasteiger partial charge in [0.15, 0.2) is 0 Å². The van der Waals surface area contributed by atoms with E-state index in [1.165, 1.54) is 0 Å². The molecule has 56 valence electrons. The highest BCUT2D eigenvalue weighted by molar-refractivity contribution is 8.15. The smallest absolute Gasteiger partial charge is 0.247 e. The molecule has 0 atom stereocenters. The molecular formula is C7H11NOS. The van der Waals surface area contributed by atoms with Gasteiger partial charge in [-0.3, -0.25) is 4.79 Å². The molecule has 3 heteroatoms. The number of aliphatic imine (C=N–C) groups is 1. The summed E-state index contributed by atoms with van der Waals surface area (Å²) in [6.45, 7) is 6.00. The zero-order valence-corrected chi connectivity index (χ0v) is 7.29. The Balaban J connectivity index is 2.80. The molecule has 1 aliphatic heterocycles. The summed E-state index contributed by atoms with van der Waals surface area (Å²) in [5.74, 6) is 0.0150. The van der Waals surface area contributed by atoms with E-state index in [4.69, 9.17) is 0 Å². The van der Waals surface area contributed by atoms with E-state index in [9.17, 15) is 4.79 Å². The quantitative estimate of drug-likeness (QED) is 0.537. The Kier molecular flexibility index (Phi) is 1.86. The molecule has 0 spiro atoms. The molecule has 1 aliphatic rings. The highest BCUT2D eigenvalue weighted by atomic mass is 32.2. The lowest BCUT2D eigenvalue weighted by molar-refractivity contribution is -0.118. The third-order valence-corrected chi connectivity index (χ3v) is 2.37. The van der Waals surface area contributed by atoms with Crippen LogP contribution in [0.2, 0.25) is 0 Å². The van der Waals surface area contributed by atoms with E-state index in [0.717, 1.165) is 5.04 Å². The van der Waals surface area contributed by atoms with Crippen LogP contribution in [0, 0.1) is 0 Å². The van der Waals surface area contributed by atoms with Crippen molar-refractivity contribution < 1.29 is 4.79 Å². The predicted molar refractivity (Wildman–Crippen MR) is 44.4 cm³/mol. The van der Waals surface area contributed by atoms with Crippen LogP contribution in [-0.2, 0) is 4.79 Å². The average molecular weight is 157 g/mol. The molecule has 0 aromatic carbocycles. The number of rotatable bonds is 0. The number of carbonyl (C=O) groups excluding carboxylic acids is 1. The molecule has 1 rings (SSSR count). The minimum Gasteiger partial charge on any atom is -0.273 e. The molecule has 0 bridgehead atoms. The summed E-state index contributed by atoms with van der Waals surface area (Å²) in [6.07, 6.45) is 0.564.